The highest BCUT2D eigenvalue weighted by Gasteiger charge is 2.36. The molecular formula is C19H36ClN3O2. The van der Waals surface area contributed by atoms with Gasteiger partial charge in [-0.1, -0.05) is 27.7 Å². The van der Waals surface area contributed by atoms with Crippen LogP contribution in [-0.2, 0) is 9.59 Å². The fourth-order valence-corrected chi connectivity index (χ4v) is 3.90. The molecule has 2 rings (SSSR count). The van der Waals surface area contributed by atoms with E-state index in [0.29, 0.717) is 12.6 Å². The van der Waals surface area contributed by atoms with Gasteiger partial charge in [0.15, 0.2) is 0 Å². The smallest absolute Gasteiger partial charge is 0.227 e. The number of carbonyl (C=O) groups excluding carboxylic acids is 2. The van der Waals surface area contributed by atoms with Gasteiger partial charge in [0.1, 0.15) is 0 Å². The zero-order chi connectivity index (χ0) is 17.7. The molecule has 2 aliphatic rings. The Labute approximate surface area is 159 Å². The van der Waals surface area contributed by atoms with Gasteiger partial charge in [-0.25, -0.2) is 0 Å². The molecular weight excluding hydrogens is 338 g/mol. The molecule has 1 unspecified atom stereocenters. The molecule has 0 radical (unpaired) electrons. The fraction of sp³-hybridized carbons (Fsp3) is 0.895. The zero-order valence-corrected chi connectivity index (χ0v) is 17.2. The van der Waals surface area contributed by atoms with Crippen molar-refractivity contribution >= 4 is 24.2 Å². The quantitative estimate of drug-likeness (QED) is 0.824. The van der Waals surface area contributed by atoms with Crippen molar-refractivity contribution in [2.24, 2.45) is 11.3 Å². The van der Waals surface area contributed by atoms with Crippen LogP contribution in [-0.4, -0.2) is 60.4 Å². The minimum Gasteiger partial charge on any atom is -0.341 e. The minimum absolute atomic E-state index is 0. The number of nitrogens with one attached hydrogen (secondary N) is 1. The van der Waals surface area contributed by atoms with Crippen LogP contribution >= 0.6 is 12.4 Å². The number of nitrogens with zero attached hydrogens (tertiary/aromatic N) is 2. The summed E-state index contributed by atoms with van der Waals surface area (Å²) in [6, 6.07) is 0.368. The molecule has 1 atom stereocenters. The average Bonchev–Trinajstić information content (AvgIpc) is 2.58. The van der Waals surface area contributed by atoms with E-state index in [1.807, 2.05) is 25.7 Å². The van der Waals surface area contributed by atoms with E-state index in [2.05, 4.69) is 17.1 Å². The Kier molecular flexibility index (Phi) is 8.69. The SMILES string of the molecule is CCCN(C(=O)C1CCCN(C(=O)C(C)(C)C)C1)C1CCNCC1.Cl. The first-order valence-electron chi connectivity index (χ1n) is 9.65. The van der Waals surface area contributed by atoms with Crippen LogP contribution in [0.1, 0.15) is 59.8 Å². The molecule has 2 fully saturated rings. The van der Waals surface area contributed by atoms with Gasteiger partial charge in [0.25, 0.3) is 0 Å². The van der Waals surface area contributed by atoms with Crippen molar-refractivity contribution in [2.75, 3.05) is 32.7 Å². The van der Waals surface area contributed by atoms with E-state index in [9.17, 15) is 9.59 Å². The van der Waals surface area contributed by atoms with Crippen molar-refractivity contribution < 1.29 is 9.59 Å². The summed E-state index contributed by atoms with van der Waals surface area (Å²) in [5.74, 6) is 0.422. The molecule has 6 heteroatoms. The Balaban J connectivity index is 0.00000312. The first kappa shape index (κ1) is 22.2. The topological polar surface area (TPSA) is 52.7 Å². The second-order valence-electron chi connectivity index (χ2n) is 8.35. The summed E-state index contributed by atoms with van der Waals surface area (Å²) < 4.78 is 0. The van der Waals surface area contributed by atoms with Gasteiger partial charge in [-0.3, -0.25) is 9.59 Å². The Hall–Kier alpha value is -0.810. The van der Waals surface area contributed by atoms with Crippen LogP contribution in [0.15, 0.2) is 0 Å². The first-order chi connectivity index (χ1) is 11.3. The number of halogens is 1. The summed E-state index contributed by atoms with van der Waals surface area (Å²) in [5, 5.41) is 3.38. The molecule has 2 amide bonds. The molecule has 2 saturated heterocycles. The molecule has 1 N–H and O–H groups in total. The lowest BCUT2D eigenvalue weighted by molar-refractivity contribution is -0.146. The second-order valence-corrected chi connectivity index (χ2v) is 8.35. The van der Waals surface area contributed by atoms with E-state index in [-0.39, 0.29) is 35.6 Å². The molecule has 2 heterocycles. The Morgan fingerprint density at radius 1 is 1.16 bits per heavy atom. The fourth-order valence-electron chi connectivity index (χ4n) is 3.90. The average molecular weight is 374 g/mol. The van der Waals surface area contributed by atoms with Crippen LogP contribution in [0, 0.1) is 11.3 Å². The number of amides is 2. The molecule has 146 valence electrons. The number of rotatable bonds is 4. The van der Waals surface area contributed by atoms with Gasteiger partial charge in [-0.15, -0.1) is 12.4 Å². The Morgan fingerprint density at radius 2 is 1.80 bits per heavy atom. The molecule has 0 bridgehead atoms. The second kappa shape index (κ2) is 9.77. The third-order valence-corrected chi connectivity index (χ3v) is 5.20. The monoisotopic (exact) mass is 373 g/mol. The van der Waals surface area contributed by atoms with Crippen molar-refractivity contribution in [2.45, 2.75) is 65.8 Å². The summed E-state index contributed by atoms with van der Waals surface area (Å²) >= 11 is 0. The molecule has 0 aromatic heterocycles. The van der Waals surface area contributed by atoms with E-state index in [1.54, 1.807) is 0 Å². The van der Waals surface area contributed by atoms with Crippen molar-refractivity contribution in [3.63, 3.8) is 0 Å². The highest BCUT2D eigenvalue weighted by molar-refractivity contribution is 5.85. The van der Waals surface area contributed by atoms with E-state index in [1.165, 1.54) is 0 Å². The largest absolute Gasteiger partial charge is 0.341 e. The maximum atomic E-state index is 13.2. The van der Waals surface area contributed by atoms with E-state index in [4.69, 9.17) is 0 Å². The summed E-state index contributed by atoms with van der Waals surface area (Å²) in [6.45, 7) is 12.2. The molecule has 0 spiro atoms. The van der Waals surface area contributed by atoms with E-state index < -0.39 is 0 Å². The standard InChI is InChI=1S/C19H35N3O2.ClH/c1-5-12-22(16-8-10-20-11-9-16)17(23)15-7-6-13-21(14-15)18(24)19(2,3)4;/h15-16,20H,5-14H2,1-4H3;1H. The number of likely N-dealkylation sites (tertiary alicyclic amines) is 1. The number of carbonyl (C=O) groups is 2. The van der Waals surface area contributed by atoms with Crippen molar-refractivity contribution in [3.8, 4) is 0 Å². The maximum absolute atomic E-state index is 13.2. The number of piperidine rings is 2. The van der Waals surface area contributed by atoms with E-state index >= 15 is 0 Å². The summed E-state index contributed by atoms with van der Waals surface area (Å²) in [5.41, 5.74) is -0.372. The normalized spacial score (nSPS) is 22.2. The van der Waals surface area contributed by atoms with Crippen LogP contribution in [0.4, 0.5) is 0 Å². The number of hydrogen-bond donors (Lipinski definition) is 1. The van der Waals surface area contributed by atoms with Gasteiger partial charge in [0, 0.05) is 31.1 Å². The zero-order valence-electron chi connectivity index (χ0n) is 16.3. The van der Waals surface area contributed by atoms with Crippen LogP contribution < -0.4 is 5.32 Å². The summed E-state index contributed by atoms with van der Waals surface area (Å²) in [4.78, 5) is 29.8. The molecule has 2 aliphatic heterocycles. The van der Waals surface area contributed by atoms with Crippen molar-refractivity contribution in [3.05, 3.63) is 0 Å². The van der Waals surface area contributed by atoms with Crippen LogP contribution in [0.5, 0.6) is 0 Å². The van der Waals surface area contributed by atoms with E-state index in [0.717, 1.165) is 58.3 Å². The predicted octanol–water partition coefficient (Wildman–Crippen LogP) is 2.68. The van der Waals surface area contributed by atoms with Gasteiger partial charge < -0.3 is 15.1 Å². The van der Waals surface area contributed by atoms with Gasteiger partial charge in [0.05, 0.1) is 5.92 Å². The van der Waals surface area contributed by atoms with Gasteiger partial charge in [-0.2, -0.15) is 0 Å². The summed E-state index contributed by atoms with van der Waals surface area (Å²) in [6.07, 6.45) is 4.93. The van der Waals surface area contributed by atoms with Crippen LogP contribution in [0.3, 0.4) is 0 Å². The molecule has 25 heavy (non-hydrogen) atoms. The van der Waals surface area contributed by atoms with Gasteiger partial charge in [-0.05, 0) is 45.2 Å². The highest BCUT2D eigenvalue weighted by Crippen LogP contribution is 2.26. The minimum atomic E-state index is -0.372. The maximum Gasteiger partial charge on any atom is 0.227 e. The van der Waals surface area contributed by atoms with Gasteiger partial charge in [0.2, 0.25) is 11.8 Å². The van der Waals surface area contributed by atoms with Crippen LogP contribution in [0.25, 0.3) is 0 Å². The molecule has 0 aliphatic carbocycles. The Bertz CT molecular complexity index is 444. The number of hydrogen-bond acceptors (Lipinski definition) is 3. The highest BCUT2D eigenvalue weighted by atomic mass is 35.5. The Morgan fingerprint density at radius 3 is 2.36 bits per heavy atom. The third-order valence-electron chi connectivity index (χ3n) is 5.20. The van der Waals surface area contributed by atoms with Crippen LogP contribution in [0.2, 0.25) is 0 Å². The molecule has 5 nitrogen and oxygen atoms in total. The van der Waals surface area contributed by atoms with Crippen molar-refractivity contribution in [1.82, 2.24) is 15.1 Å². The first-order valence-corrected chi connectivity index (χ1v) is 9.65. The molecule has 0 aromatic carbocycles. The lowest BCUT2D eigenvalue weighted by Gasteiger charge is -2.40. The van der Waals surface area contributed by atoms with Gasteiger partial charge >= 0.3 is 0 Å². The summed E-state index contributed by atoms with van der Waals surface area (Å²) in [7, 11) is 0. The van der Waals surface area contributed by atoms with Crippen molar-refractivity contribution in [1.29, 1.82) is 0 Å². The third kappa shape index (κ3) is 5.85. The molecule has 0 aromatic rings. The predicted molar refractivity (Wildman–Crippen MR) is 104 cm³/mol. The molecule has 0 saturated carbocycles. The lowest BCUT2D eigenvalue weighted by Crippen LogP contribution is -2.53. The lowest BCUT2D eigenvalue weighted by atomic mass is 9.90.